The predicted molar refractivity (Wildman–Crippen MR) is 103 cm³/mol. The second kappa shape index (κ2) is 8.09. The number of hydrogen-bond donors (Lipinski definition) is 1. The molecule has 0 heterocycles. The molecule has 0 atom stereocenters. The average molecular weight is 329 g/mol. The third-order valence-corrected chi connectivity index (χ3v) is 3.68. The topological polar surface area (TPSA) is 44.5 Å². The lowest BCUT2D eigenvalue weighted by atomic mass is 9.86. The highest BCUT2D eigenvalue weighted by molar-refractivity contribution is 5.54. The molecule has 0 spiro atoms. The van der Waals surface area contributed by atoms with E-state index >= 15 is 0 Å². The Morgan fingerprint density at radius 1 is 0.917 bits per heavy atom. The number of rotatable bonds is 3. The molecule has 132 valence electrons. The van der Waals surface area contributed by atoms with E-state index in [2.05, 4.69) is 20.8 Å². The van der Waals surface area contributed by atoms with Gasteiger partial charge >= 0.3 is 0 Å². The van der Waals surface area contributed by atoms with Crippen LogP contribution in [0.25, 0.3) is 0 Å². The number of benzene rings is 2. The van der Waals surface area contributed by atoms with Crippen LogP contribution in [0.5, 0.6) is 17.2 Å². The zero-order valence-corrected chi connectivity index (χ0v) is 16.3. The maximum atomic E-state index is 6.12. The van der Waals surface area contributed by atoms with Crippen molar-refractivity contribution in [2.24, 2.45) is 0 Å². The Kier molecular flexibility index (Phi) is 6.70. The smallest absolute Gasteiger partial charge is 0.133 e. The Morgan fingerprint density at radius 2 is 1.46 bits per heavy atom. The Labute approximate surface area is 146 Å². The van der Waals surface area contributed by atoms with Gasteiger partial charge in [0.25, 0.3) is 0 Å². The summed E-state index contributed by atoms with van der Waals surface area (Å²) in [6.45, 7) is 14.5. The van der Waals surface area contributed by atoms with Gasteiger partial charge in [0, 0.05) is 11.3 Å². The van der Waals surface area contributed by atoms with Crippen LogP contribution in [0.1, 0.15) is 51.3 Å². The first-order valence-corrected chi connectivity index (χ1v) is 8.45. The molecule has 2 N–H and O–H groups in total. The summed E-state index contributed by atoms with van der Waals surface area (Å²) in [6.07, 6.45) is 0. The second-order valence-corrected chi connectivity index (χ2v) is 6.70. The number of ether oxygens (including phenoxy) is 2. The summed E-state index contributed by atoms with van der Waals surface area (Å²) in [5.74, 6) is 2.55. The first-order chi connectivity index (χ1) is 11.2. The standard InChI is InChI=1S/C19H25NO2.C2H6/c1-12-9-14(20)10-13(2)18(12)22-15-7-8-17(21-6)16(11-15)19(3,4)5;1-2/h7-11H,20H2,1-6H3;1-2H3. The minimum atomic E-state index is -0.0179. The van der Waals surface area contributed by atoms with Crippen molar-refractivity contribution in [2.75, 3.05) is 12.8 Å². The zero-order valence-electron chi connectivity index (χ0n) is 16.3. The van der Waals surface area contributed by atoms with Crippen molar-refractivity contribution in [1.29, 1.82) is 0 Å². The lowest BCUT2D eigenvalue weighted by Gasteiger charge is -2.23. The summed E-state index contributed by atoms with van der Waals surface area (Å²) >= 11 is 0. The molecule has 3 heteroatoms. The third kappa shape index (κ3) is 4.67. The highest BCUT2D eigenvalue weighted by atomic mass is 16.5. The van der Waals surface area contributed by atoms with Gasteiger partial charge in [0.2, 0.25) is 0 Å². The second-order valence-electron chi connectivity index (χ2n) is 6.70. The van der Waals surface area contributed by atoms with Gasteiger partial charge < -0.3 is 15.2 Å². The molecule has 0 saturated carbocycles. The van der Waals surface area contributed by atoms with Crippen molar-refractivity contribution in [3.63, 3.8) is 0 Å². The number of nitrogen functional groups attached to an aromatic ring is 1. The van der Waals surface area contributed by atoms with Crippen molar-refractivity contribution < 1.29 is 9.47 Å². The van der Waals surface area contributed by atoms with Crippen molar-refractivity contribution in [1.82, 2.24) is 0 Å². The molecule has 0 amide bonds. The molecule has 2 aromatic rings. The lowest BCUT2D eigenvalue weighted by Crippen LogP contribution is -2.12. The summed E-state index contributed by atoms with van der Waals surface area (Å²) in [7, 11) is 1.69. The highest BCUT2D eigenvalue weighted by Gasteiger charge is 2.20. The van der Waals surface area contributed by atoms with Crippen LogP contribution in [0.4, 0.5) is 5.69 Å². The van der Waals surface area contributed by atoms with Crippen LogP contribution in [0.2, 0.25) is 0 Å². The quantitative estimate of drug-likeness (QED) is 0.701. The van der Waals surface area contributed by atoms with Crippen LogP contribution in [-0.2, 0) is 5.41 Å². The van der Waals surface area contributed by atoms with Crippen molar-refractivity contribution in [3.8, 4) is 17.2 Å². The van der Waals surface area contributed by atoms with Gasteiger partial charge in [-0.05, 0) is 60.7 Å². The number of hydrogen-bond acceptors (Lipinski definition) is 3. The van der Waals surface area contributed by atoms with Crippen molar-refractivity contribution in [2.45, 2.75) is 53.9 Å². The number of nitrogens with two attached hydrogens (primary N) is 1. The van der Waals surface area contributed by atoms with E-state index in [1.807, 2.05) is 58.0 Å². The third-order valence-electron chi connectivity index (χ3n) is 3.68. The normalized spacial score (nSPS) is 10.7. The molecule has 0 aliphatic heterocycles. The molecule has 0 aliphatic rings. The SMILES string of the molecule is CC.COc1ccc(Oc2c(C)cc(N)cc2C)cc1C(C)(C)C. The van der Waals surface area contributed by atoms with Gasteiger partial charge in [0.1, 0.15) is 17.2 Å². The molecule has 0 saturated heterocycles. The molecule has 0 aromatic heterocycles. The number of anilines is 1. The van der Waals surface area contributed by atoms with Crippen molar-refractivity contribution in [3.05, 3.63) is 47.0 Å². The molecule has 0 aliphatic carbocycles. The van der Waals surface area contributed by atoms with Gasteiger partial charge in [0.15, 0.2) is 0 Å². The summed E-state index contributed by atoms with van der Waals surface area (Å²) in [5.41, 5.74) is 9.80. The van der Waals surface area contributed by atoms with Crippen LogP contribution < -0.4 is 15.2 Å². The molecule has 0 fully saturated rings. The number of methoxy groups -OCH3 is 1. The first-order valence-electron chi connectivity index (χ1n) is 8.45. The van der Waals surface area contributed by atoms with E-state index in [4.69, 9.17) is 15.2 Å². The fourth-order valence-corrected chi connectivity index (χ4v) is 2.60. The highest BCUT2D eigenvalue weighted by Crippen LogP contribution is 2.37. The van der Waals surface area contributed by atoms with E-state index < -0.39 is 0 Å². The van der Waals surface area contributed by atoms with Crippen LogP contribution >= 0.6 is 0 Å². The maximum Gasteiger partial charge on any atom is 0.133 e. The molecule has 24 heavy (non-hydrogen) atoms. The Bertz CT molecular complexity index is 662. The largest absolute Gasteiger partial charge is 0.496 e. The lowest BCUT2D eigenvalue weighted by molar-refractivity contribution is 0.394. The molecule has 2 rings (SSSR count). The fourth-order valence-electron chi connectivity index (χ4n) is 2.60. The molecule has 0 unspecified atom stereocenters. The van der Waals surface area contributed by atoms with Gasteiger partial charge in [-0.15, -0.1) is 0 Å². The minimum Gasteiger partial charge on any atom is -0.496 e. The zero-order chi connectivity index (χ0) is 18.5. The summed E-state index contributed by atoms with van der Waals surface area (Å²) in [5, 5.41) is 0. The Balaban J connectivity index is 0.00000139. The number of aryl methyl sites for hydroxylation is 2. The molecule has 2 aromatic carbocycles. The van der Waals surface area contributed by atoms with Gasteiger partial charge in [-0.1, -0.05) is 34.6 Å². The van der Waals surface area contributed by atoms with Crippen LogP contribution in [0.3, 0.4) is 0 Å². The summed E-state index contributed by atoms with van der Waals surface area (Å²) in [4.78, 5) is 0. The Hall–Kier alpha value is -2.16. The monoisotopic (exact) mass is 329 g/mol. The fraction of sp³-hybridized carbons (Fsp3) is 0.429. The first kappa shape index (κ1) is 19.9. The summed E-state index contributed by atoms with van der Waals surface area (Å²) in [6, 6.07) is 9.79. The van der Waals surface area contributed by atoms with E-state index in [1.54, 1.807) is 7.11 Å². The van der Waals surface area contributed by atoms with E-state index in [9.17, 15) is 0 Å². The van der Waals surface area contributed by atoms with Gasteiger partial charge in [-0.25, -0.2) is 0 Å². The van der Waals surface area contributed by atoms with Crippen molar-refractivity contribution >= 4 is 5.69 Å². The predicted octanol–water partition coefficient (Wildman–Crippen LogP) is 6.01. The maximum absolute atomic E-state index is 6.12. The molecular weight excluding hydrogens is 298 g/mol. The minimum absolute atomic E-state index is 0.0179. The van der Waals surface area contributed by atoms with Crippen LogP contribution in [0.15, 0.2) is 30.3 Å². The molecule has 0 radical (unpaired) electrons. The van der Waals surface area contributed by atoms with Crippen LogP contribution in [0, 0.1) is 13.8 Å². The summed E-state index contributed by atoms with van der Waals surface area (Å²) < 4.78 is 11.6. The van der Waals surface area contributed by atoms with Gasteiger partial charge in [0.05, 0.1) is 7.11 Å². The average Bonchev–Trinajstić information content (AvgIpc) is 2.51. The van der Waals surface area contributed by atoms with E-state index in [0.717, 1.165) is 39.6 Å². The molecule has 3 nitrogen and oxygen atoms in total. The Morgan fingerprint density at radius 3 is 1.92 bits per heavy atom. The van der Waals surface area contributed by atoms with E-state index in [0.29, 0.717) is 0 Å². The molecular formula is C21H31NO2. The molecule has 0 bridgehead atoms. The van der Waals surface area contributed by atoms with Gasteiger partial charge in [-0.2, -0.15) is 0 Å². The van der Waals surface area contributed by atoms with E-state index in [-0.39, 0.29) is 5.41 Å². The van der Waals surface area contributed by atoms with Gasteiger partial charge in [-0.3, -0.25) is 0 Å². The van der Waals surface area contributed by atoms with E-state index in [1.165, 1.54) is 0 Å². The van der Waals surface area contributed by atoms with Crippen LogP contribution in [-0.4, -0.2) is 7.11 Å².